The number of morpholine rings is 1. The zero-order valence-electron chi connectivity index (χ0n) is 15.8. The van der Waals surface area contributed by atoms with Crippen LogP contribution in [0.15, 0.2) is 30.3 Å². The third-order valence-electron chi connectivity index (χ3n) is 4.60. The zero-order valence-corrected chi connectivity index (χ0v) is 15.8. The number of hydrogen-bond acceptors (Lipinski definition) is 4. The van der Waals surface area contributed by atoms with Crippen LogP contribution < -0.4 is 10.6 Å². The van der Waals surface area contributed by atoms with E-state index in [9.17, 15) is 9.59 Å². The number of amides is 2. The summed E-state index contributed by atoms with van der Waals surface area (Å²) in [5.74, 6) is 0.218. The molecule has 1 aliphatic rings. The second-order valence-corrected chi connectivity index (χ2v) is 6.74. The Morgan fingerprint density at radius 3 is 2.42 bits per heavy atom. The highest BCUT2D eigenvalue weighted by atomic mass is 16.5. The minimum Gasteiger partial charge on any atom is -0.379 e. The predicted molar refractivity (Wildman–Crippen MR) is 103 cm³/mol. The molecule has 6 heteroatoms. The van der Waals surface area contributed by atoms with E-state index >= 15 is 0 Å². The summed E-state index contributed by atoms with van der Waals surface area (Å²) in [5.41, 5.74) is 1.47. The highest BCUT2D eigenvalue weighted by Gasteiger charge is 2.23. The Balaban J connectivity index is 1.86. The van der Waals surface area contributed by atoms with E-state index in [2.05, 4.69) is 29.4 Å². The Hall–Kier alpha value is -2.18. The maximum atomic E-state index is 12.1. The van der Waals surface area contributed by atoms with Crippen LogP contribution in [0.25, 0.3) is 6.08 Å². The normalized spacial score (nSPS) is 16.6. The van der Waals surface area contributed by atoms with Crippen molar-refractivity contribution in [2.75, 3.05) is 39.9 Å². The summed E-state index contributed by atoms with van der Waals surface area (Å²) in [6, 6.07) is 7.42. The molecule has 0 radical (unpaired) electrons. The summed E-state index contributed by atoms with van der Waals surface area (Å²) < 4.78 is 5.41. The van der Waals surface area contributed by atoms with E-state index in [4.69, 9.17) is 4.74 Å². The third-order valence-corrected chi connectivity index (χ3v) is 4.60. The molecule has 0 aromatic heterocycles. The summed E-state index contributed by atoms with van der Waals surface area (Å²) in [5, 5.41) is 5.58. The van der Waals surface area contributed by atoms with Gasteiger partial charge in [0.05, 0.1) is 13.2 Å². The van der Waals surface area contributed by atoms with Crippen LogP contribution >= 0.6 is 0 Å². The Labute approximate surface area is 155 Å². The highest BCUT2D eigenvalue weighted by molar-refractivity contribution is 5.94. The van der Waals surface area contributed by atoms with E-state index in [1.165, 1.54) is 6.08 Å². The van der Waals surface area contributed by atoms with Gasteiger partial charge in [0, 0.05) is 44.4 Å². The molecule has 1 saturated heterocycles. The molecule has 1 heterocycles. The first kappa shape index (κ1) is 20.1. The highest BCUT2D eigenvalue weighted by Crippen LogP contribution is 2.12. The van der Waals surface area contributed by atoms with Crippen molar-refractivity contribution in [3.05, 3.63) is 41.5 Å². The maximum absolute atomic E-state index is 12.1. The van der Waals surface area contributed by atoms with Crippen molar-refractivity contribution in [2.45, 2.75) is 19.9 Å². The number of nitrogens with one attached hydrogen (secondary N) is 2. The molecule has 0 aliphatic carbocycles. The van der Waals surface area contributed by atoms with Crippen molar-refractivity contribution in [1.29, 1.82) is 0 Å². The molecule has 1 aromatic carbocycles. The Kier molecular flexibility index (Phi) is 7.81. The van der Waals surface area contributed by atoms with Gasteiger partial charge in [0.1, 0.15) is 0 Å². The Morgan fingerprint density at radius 2 is 1.85 bits per heavy atom. The van der Waals surface area contributed by atoms with Crippen LogP contribution in [0.2, 0.25) is 0 Å². The lowest BCUT2D eigenvalue weighted by Crippen LogP contribution is -2.51. The van der Waals surface area contributed by atoms with Crippen LogP contribution in [-0.4, -0.2) is 62.7 Å². The second kappa shape index (κ2) is 10.1. The number of carbonyl (C=O) groups is 2. The molecule has 2 amide bonds. The van der Waals surface area contributed by atoms with E-state index in [0.29, 0.717) is 24.1 Å². The Morgan fingerprint density at radius 1 is 1.19 bits per heavy atom. The number of hydrogen-bond donors (Lipinski definition) is 2. The van der Waals surface area contributed by atoms with Crippen LogP contribution in [0.5, 0.6) is 0 Å². The van der Waals surface area contributed by atoms with E-state index in [1.807, 2.05) is 12.1 Å². The lowest BCUT2D eigenvalue weighted by atomic mass is 10.0. The summed E-state index contributed by atoms with van der Waals surface area (Å²) >= 11 is 0. The average Bonchev–Trinajstić information content (AvgIpc) is 2.67. The second-order valence-electron chi connectivity index (χ2n) is 6.74. The van der Waals surface area contributed by atoms with Gasteiger partial charge < -0.3 is 15.4 Å². The van der Waals surface area contributed by atoms with Crippen molar-refractivity contribution in [1.82, 2.24) is 15.5 Å². The van der Waals surface area contributed by atoms with Crippen molar-refractivity contribution in [3.8, 4) is 0 Å². The largest absolute Gasteiger partial charge is 0.379 e. The van der Waals surface area contributed by atoms with Gasteiger partial charge in [0.2, 0.25) is 5.91 Å². The van der Waals surface area contributed by atoms with Gasteiger partial charge in [0.15, 0.2) is 0 Å². The van der Waals surface area contributed by atoms with Gasteiger partial charge in [0.25, 0.3) is 5.91 Å². The molecule has 1 aromatic rings. The standard InChI is InChI=1S/C20H29N3O3/c1-15(2)18(23-10-12-26-13-11-23)14-22-19(24)9-6-16-4-7-17(8-5-16)20(25)21-3/h4-9,15,18H,10-14H2,1-3H3,(H,21,25)(H,22,24)/b9-6+. The molecular weight excluding hydrogens is 330 g/mol. The lowest BCUT2D eigenvalue weighted by molar-refractivity contribution is -0.116. The monoisotopic (exact) mass is 359 g/mol. The van der Waals surface area contributed by atoms with E-state index in [0.717, 1.165) is 31.9 Å². The quantitative estimate of drug-likeness (QED) is 0.725. The molecule has 1 atom stereocenters. The molecule has 1 fully saturated rings. The van der Waals surface area contributed by atoms with E-state index < -0.39 is 0 Å². The van der Waals surface area contributed by atoms with Crippen LogP contribution in [0.1, 0.15) is 29.8 Å². The van der Waals surface area contributed by atoms with Crippen LogP contribution in [0.4, 0.5) is 0 Å². The van der Waals surface area contributed by atoms with Crippen LogP contribution in [-0.2, 0) is 9.53 Å². The molecule has 1 unspecified atom stereocenters. The first-order valence-corrected chi connectivity index (χ1v) is 9.11. The minimum atomic E-state index is -0.124. The number of carbonyl (C=O) groups excluding carboxylic acids is 2. The lowest BCUT2D eigenvalue weighted by Gasteiger charge is -2.36. The molecular formula is C20H29N3O3. The average molecular weight is 359 g/mol. The first-order valence-electron chi connectivity index (χ1n) is 9.11. The minimum absolute atomic E-state index is 0.112. The number of ether oxygens (including phenoxy) is 1. The van der Waals surface area contributed by atoms with Gasteiger partial charge in [-0.3, -0.25) is 14.5 Å². The maximum Gasteiger partial charge on any atom is 0.251 e. The summed E-state index contributed by atoms with van der Waals surface area (Å²) in [7, 11) is 1.60. The van der Waals surface area contributed by atoms with Crippen molar-refractivity contribution >= 4 is 17.9 Å². The van der Waals surface area contributed by atoms with Gasteiger partial charge >= 0.3 is 0 Å². The van der Waals surface area contributed by atoms with Crippen molar-refractivity contribution in [2.24, 2.45) is 5.92 Å². The fourth-order valence-electron chi connectivity index (χ4n) is 3.02. The fraction of sp³-hybridized carbons (Fsp3) is 0.500. The number of rotatable bonds is 7. The molecule has 0 spiro atoms. The van der Waals surface area contributed by atoms with Gasteiger partial charge in [-0.05, 0) is 29.7 Å². The number of benzene rings is 1. The third kappa shape index (κ3) is 5.97. The van der Waals surface area contributed by atoms with Gasteiger partial charge in [-0.1, -0.05) is 26.0 Å². The molecule has 1 aliphatic heterocycles. The van der Waals surface area contributed by atoms with Crippen LogP contribution in [0, 0.1) is 5.92 Å². The zero-order chi connectivity index (χ0) is 18.9. The molecule has 0 bridgehead atoms. The number of nitrogens with zero attached hydrogens (tertiary/aromatic N) is 1. The summed E-state index contributed by atoms with van der Waals surface area (Å²) in [4.78, 5) is 26.0. The van der Waals surface area contributed by atoms with E-state index in [1.54, 1.807) is 25.3 Å². The smallest absolute Gasteiger partial charge is 0.251 e. The molecule has 0 saturated carbocycles. The van der Waals surface area contributed by atoms with E-state index in [-0.39, 0.29) is 11.8 Å². The molecule has 6 nitrogen and oxygen atoms in total. The predicted octanol–water partition coefficient (Wildman–Crippen LogP) is 1.53. The SMILES string of the molecule is CNC(=O)c1ccc(/C=C/C(=O)NCC(C(C)C)N2CCOCC2)cc1. The summed E-state index contributed by atoms with van der Waals surface area (Å²) in [6.07, 6.45) is 3.29. The van der Waals surface area contributed by atoms with Crippen LogP contribution in [0.3, 0.4) is 0 Å². The molecule has 142 valence electrons. The van der Waals surface area contributed by atoms with Crippen molar-refractivity contribution in [3.63, 3.8) is 0 Å². The van der Waals surface area contributed by atoms with Gasteiger partial charge in [-0.15, -0.1) is 0 Å². The van der Waals surface area contributed by atoms with Crippen molar-refractivity contribution < 1.29 is 14.3 Å². The summed E-state index contributed by atoms with van der Waals surface area (Å²) in [6.45, 7) is 8.30. The Bertz CT molecular complexity index is 620. The first-order chi connectivity index (χ1) is 12.5. The topological polar surface area (TPSA) is 70.7 Å². The molecule has 2 N–H and O–H groups in total. The molecule has 26 heavy (non-hydrogen) atoms. The molecule has 2 rings (SSSR count). The van der Waals surface area contributed by atoms with Gasteiger partial charge in [-0.25, -0.2) is 0 Å². The van der Waals surface area contributed by atoms with Gasteiger partial charge in [-0.2, -0.15) is 0 Å². The fourth-order valence-corrected chi connectivity index (χ4v) is 3.02.